The van der Waals surface area contributed by atoms with Crippen molar-refractivity contribution in [2.75, 3.05) is 11.1 Å². The maximum absolute atomic E-state index is 12.4. The van der Waals surface area contributed by atoms with Crippen LogP contribution in [0.1, 0.15) is 40.2 Å². The molecule has 150 valence electrons. The number of aryl methyl sites for hydroxylation is 2. The molecule has 2 heterocycles. The van der Waals surface area contributed by atoms with Crippen LogP contribution in [-0.2, 0) is 4.79 Å². The van der Waals surface area contributed by atoms with Crippen molar-refractivity contribution >= 4 is 35.0 Å². The van der Waals surface area contributed by atoms with Crippen LogP contribution in [0.2, 0.25) is 0 Å². The Bertz CT molecular complexity index is 1110. The van der Waals surface area contributed by atoms with Gasteiger partial charge in [-0.15, -0.1) is 5.10 Å². The minimum Gasteiger partial charge on any atom is -0.349 e. The first-order valence-corrected chi connectivity index (χ1v) is 10.4. The SMILES string of the molecule is Cc1nc2nc(SCC(=O)Nc3ccccc3C(=O)NC3CC3)nn2c(C)c1C. The standard InChI is InChI=1S/C20H22N6O2S/c1-11-12(2)21-19-24-20(25-26(19)13(11)3)29-10-17(27)23-16-7-5-4-6-15(16)18(28)22-14-8-9-14/h4-7,14H,8-10H2,1-3H3,(H,22,28)(H,23,27). The lowest BCUT2D eigenvalue weighted by Crippen LogP contribution is -2.27. The predicted molar refractivity (Wildman–Crippen MR) is 111 cm³/mol. The molecule has 2 N–H and O–H groups in total. The summed E-state index contributed by atoms with van der Waals surface area (Å²) in [4.78, 5) is 33.7. The first-order valence-electron chi connectivity index (χ1n) is 9.45. The van der Waals surface area contributed by atoms with Crippen molar-refractivity contribution < 1.29 is 9.59 Å². The lowest BCUT2D eigenvalue weighted by atomic mass is 10.1. The zero-order valence-electron chi connectivity index (χ0n) is 16.5. The van der Waals surface area contributed by atoms with E-state index in [1.807, 2.05) is 20.8 Å². The number of hydrogen-bond donors (Lipinski definition) is 2. The Morgan fingerprint density at radius 3 is 2.69 bits per heavy atom. The monoisotopic (exact) mass is 410 g/mol. The van der Waals surface area contributed by atoms with Gasteiger partial charge in [-0.1, -0.05) is 23.9 Å². The van der Waals surface area contributed by atoms with Crippen molar-refractivity contribution in [3.05, 3.63) is 46.8 Å². The summed E-state index contributed by atoms with van der Waals surface area (Å²) in [5.74, 6) is 0.269. The van der Waals surface area contributed by atoms with Crippen molar-refractivity contribution in [1.82, 2.24) is 24.9 Å². The van der Waals surface area contributed by atoms with Gasteiger partial charge in [-0.25, -0.2) is 9.50 Å². The van der Waals surface area contributed by atoms with Gasteiger partial charge in [0.05, 0.1) is 17.0 Å². The van der Waals surface area contributed by atoms with E-state index in [1.54, 1.807) is 28.8 Å². The molecular formula is C20H22N6O2S. The molecule has 1 fully saturated rings. The van der Waals surface area contributed by atoms with Gasteiger partial charge in [0.25, 0.3) is 11.7 Å². The van der Waals surface area contributed by atoms with Crippen molar-refractivity contribution in [1.29, 1.82) is 0 Å². The van der Waals surface area contributed by atoms with Gasteiger partial charge in [0.2, 0.25) is 11.1 Å². The Morgan fingerprint density at radius 2 is 1.93 bits per heavy atom. The Balaban J connectivity index is 1.42. The highest BCUT2D eigenvalue weighted by atomic mass is 32.2. The third kappa shape index (κ3) is 4.24. The Morgan fingerprint density at radius 1 is 1.17 bits per heavy atom. The van der Waals surface area contributed by atoms with Crippen LogP contribution in [-0.4, -0.2) is 43.2 Å². The van der Waals surface area contributed by atoms with Crippen molar-refractivity contribution in [2.45, 2.75) is 44.8 Å². The highest BCUT2D eigenvalue weighted by Gasteiger charge is 2.25. The fourth-order valence-electron chi connectivity index (χ4n) is 2.90. The zero-order chi connectivity index (χ0) is 20.5. The summed E-state index contributed by atoms with van der Waals surface area (Å²) in [5.41, 5.74) is 3.93. The molecule has 0 unspecified atom stereocenters. The van der Waals surface area contributed by atoms with Gasteiger partial charge in [-0.05, 0) is 51.3 Å². The third-order valence-electron chi connectivity index (χ3n) is 4.93. The second kappa shape index (κ2) is 7.82. The molecule has 9 heteroatoms. The van der Waals surface area contributed by atoms with Crippen molar-refractivity contribution in [2.24, 2.45) is 0 Å². The molecule has 0 bridgehead atoms. The second-order valence-electron chi connectivity index (χ2n) is 7.14. The first kappa shape index (κ1) is 19.4. The molecule has 1 saturated carbocycles. The van der Waals surface area contributed by atoms with Crippen molar-refractivity contribution in [3.63, 3.8) is 0 Å². The molecule has 1 aliphatic rings. The van der Waals surface area contributed by atoms with Crippen LogP contribution in [0.5, 0.6) is 0 Å². The van der Waals surface area contributed by atoms with Gasteiger partial charge in [0.1, 0.15) is 0 Å². The summed E-state index contributed by atoms with van der Waals surface area (Å²) in [6.45, 7) is 5.90. The number of aromatic nitrogens is 4. The van der Waals surface area contributed by atoms with Gasteiger partial charge < -0.3 is 10.6 Å². The number of benzene rings is 1. The van der Waals surface area contributed by atoms with Crippen LogP contribution >= 0.6 is 11.8 Å². The van der Waals surface area contributed by atoms with Crippen LogP contribution in [0.3, 0.4) is 0 Å². The molecule has 1 aromatic carbocycles. The van der Waals surface area contributed by atoms with Crippen LogP contribution in [0, 0.1) is 20.8 Å². The molecule has 0 saturated heterocycles. The van der Waals surface area contributed by atoms with Gasteiger partial charge in [0.15, 0.2) is 0 Å². The number of fused-ring (bicyclic) bond motifs is 1. The van der Waals surface area contributed by atoms with Crippen LogP contribution < -0.4 is 10.6 Å². The largest absolute Gasteiger partial charge is 0.349 e. The number of thioether (sulfide) groups is 1. The lowest BCUT2D eigenvalue weighted by Gasteiger charge is -2.10. The fraction of sp³-hybridized carbons (Fsp3) is 0.350. The molecule has 0 radical (unpaired) electrons. The van der Waals surface area contributed by atoms with E-state index in [0.29, 0.717) is 22.2 Å². The van der Waals surface area contributed by atoms with E-state index in [4.69, 9.17) is 0 Å². The fourth-order valence-corrected chi connectivity index (χ4v) is 3.51. The molecule has 2 aromatic heterocycles. The molecule has 3 aromatic rings. The Labute approximate surface area is 172 Å². The number of hydrogen-bond acceptors (Lipinski definition) is 6. The van der Waals surface area contributed by atoms with Gasteiger partial charge in [-0.2, -0.15) is 4.98 Å². The topological polar surface area (TPSA) is 101 Å². The Kier molecular flexibility index (Phi) is 5.23. The number of carbonyl (C=O) groups is 2. The average Bonchev–Trinajstić information content (AvgIpc) is 3.42. The van der Waals surface area contributed by atoms with Gasteiger partial charge in [0, 0.05) is 17.4 Å². The van der Waals surface area contributed by atoms with Crippen LogP contribution in [0.15, 0.2) is 29.4 Å². The minimum absolute atomic E-state index is 0.131. The van der Waals surface area contributed by atoms with Crippen LogP contribution in [0.4, 0.5) is 5.69 Å². The smallest absolute Gasteiger partial charge is 0.253 e. The van der Waals surface area contributed by atoms with E-state index in [0.717, 1.165) is 29.8 Å². The number of carbonyl (C=O) groups excluding carboxylic acids is 2. The summed E-state index contributed by atoms with van der Waals surface area (Å²) in [7, 11) is 0. The van der Waals surface area contributed by atoms with E-state index in [2.05, 4.69) is 25.7 Å². The van der Waals surface area contributed by atoms with Gasteiger partial charge >= 0.3 is 0 Å². The first-order chi connectivity index (χ1) is 13.9. The highest BCUT2D eigenvalue weighted by molar-refractivity contribution is 7.99. The summed E-state index contributed by atoms with van der Waals surface area (Å²) in [5, 5.41) is 10.7. The van der Waals surface area contributed by atoms with Gasteiger partial charge in [-0.3, -0.25) is 9.59 Å². The second-order valence-corrected chi connectivity index (χ2v) is 8.09. The third-order valence-corrected chi connectivity index (χ3v) is 5.77. The molecule has 8 nitrogen and oxygen atoms in total. The molecular weight excluding hydrogens is 388 g/mol. The Hall–Kier alpha value is -2.94. The minimum atomic E-state index is -0.224. The summed E-state index contributed by atoms with van der Waals surface area (Å²) in [6.07, 6.45) is 2.02. The van der Waals surface area contributed by atoms with E-state index >= 15 is 0 Å². The maximum atomic E-state index is 12.4. The average molecular weight is 411 g/mol. The molecule has 0 atom stereocenters. The lowest BCUT2D eigenvalue weighted by molar-refractivity contribution is -0.113. The summed E-state index contributed by atoms with van der Waals surface area (Å²) < 4.78 is 1.69. The van der Waals surface area contributed by atoms with Crippen LogP contribution in [0.25, 0.3) is 5.78 Å². The number of nitrogens with zero attached hydrogens (tertiary/aromatic N) is 4. The zero-order valence-corrected chi connectivity index (χ0v) is 17.3. The predicted octanol–water partition coefficient (Wildman–Crippen LogP) is 2.67. The molecule has 0 aliphatic heterocycles. The van der Waals surface area contributed by atoms with E-state index in [9.17, 15) is 9.59 Å². The van der Waals surface area contributed by atoms with Crippen molar-refractivity contribution in [3.8, 4) is 0 Å². The quantitative estimate of drug-likeness (QED) is 0.606. The summed E-state index contributed by atoms with van der Waals surface area (Å²) >= 11 is 1.23. The molecule has 2 amide bonds. The van der Waals surface area contributed by atoms with E-state index in [-0.39, 0.29) is 23.6 Å². The number of anilines is 1. The molecule has 0 spiro atoms. The molecule has 1 aliphatic carbocycles. The number of rotatable bonds is 6. The number of amides is 2. The summed E-state index contributed by atoms with van der Waals surface area (Å²) in [6, 6.07) is 7.27. The number of nitrogens with one attached hydrogen (secondary N) is 2. The normalized spacial score (nSPS) is 13.5. The number of para-hydroxylation sites is 1. The maximum Gasteiger partial charge on any atom is 0.253 e. The van der Waals surface area contributed by atoms with E-state index in [1.165, 1.54) is 11.8 Å². The molecule has 4 rings (SSSR count). The molecule has 29 heavy (non-hydrogen) atoms. The highest BCUT2D eigenvalue weighted by Crippen LogP contribution is 2.22. The van der Waals surface area contributed by atoms with E-state index < -0.39 is 0 Å².